The number of benzene rings is 1. The quantitative estimate of drug-likeness (QED) is 0.880. The highest BCUT2D eigenvalue weighted by molar-refractivity contribution is 7.11. The molecule has 19 heavy (non-hydrogen) atoms. The summed E-state index contributed by atoms with van der Waals surface area (Å²) in [6.45, 7) is 8.39. The van der Waals surface area contributed by atoms with Crippen molar-refractivity contribution in [3.05, 3.63) is 45.4 Å². The van der Waals surface area contributed by atoms with Gasteiger partial charge in [-0.2, -0.15) is 0 Å². The monoisotopic (exact) mass is 275 g/mol. The van der Waals surface area contributed by atoms with Gasteiger partial charge in [-0.05, 0) is 30.5 Å². The first-order valence-corrected chi connectivity index (χ1v) is 7.53. The summed E-state index contributed by atoms with van der Waals surface area (Å²) in [6, 6.07) is 8.45. The highest BCUT2D eigenvalue weighted by atomic mass is 32.1. The predicted molar refractivity (Wildman–Crippen MR) is 80.4 cm³/mol. The summed E-state index contributed by atoms with van der Waals surface area (Å²) in [5.74, 6) is 0.666. The minimum absolute atomic E-state index is 0.666. The molecule has 1 N–H and O–H groups in total. The summed E-state index contributed by atoms with van der Waals surface area (Å²) in [4.78, 5) is 0. The molecule has 1 heterocycles. The number of nitrogens with zero attached hydrogens (tertiary/aromatic N) is 2. The summed E-state index contributed by atoms with van der Waals surface area (Å²) in [5.41, 5.74) is 2.65. The van der Waals surface area contributed by atoms with Crippen LogP contribution in [0.15, 0.2) is 24.3 Å². The molecule has 0 aliphatic rings. The molecule has 0 saturated heterocycles. The van der Waals surface area contributed by atoms with Gasteiger partial charge in [0, 0.05) is 13.0 Å². The Morgan fingerprint density at radius 2 is 1.89 bits per heavy atom. The number of aromatic nitrogens is 2. The number of nitrogens with one attached hydrogen (secondary N) is 1. The van der Waals surface area contributed by atoms with Crippen LogP contribution >= 0.6 is 11.3 Å². The van der Waals surface area contributed by atoms with Crippen LogP contribution in [0.5, 0.6) is 0 Å². The first-order valence-electron chi connectivity index (χ1n) is 6.71. The second-order valence-corrected chi connectivity index (χ2v) is 6.36. The number of hydrogen-bond acceptors (Lipinski definition) is 4. The molecule has 0 bridgehead atoms. The Morgan fingerprint density at radius 3 is 2.63 bits per heavy atom. The Labute approximate surface area is 119 Å². The van der Waals surface area contributed by atoms with E-state index in [1.165, 1.54) is 11.1 Å². The summed E-state index contributed by atoms with van der Waals surface area (Å²) in [5, 5.41) is 14.1. The zero-order valence-corrected chi connectivity index (χ0v) is 12.6. The molecule has 1 aromatic heterocycles. The van der Waals surface area contributed by atoms with Crippen molar-refractivity contribution in [2.75, 3.05) is 6.54 Å². The largest absolute Gasteiger partial charge is 0.310 e. The van der Waals surface area contributed by atoms with Crippen molar-refractivity contribution in [2.24, 2.45) is 5.92 Å². The molecule has 0 saturated carbocycles. The fraction of sp³-hybridized carbons (Fsp3) is 0.467. The number of aryl methyl sites for hydroxylation is 1. The zero-order chi connectivity index (χ0) is 13.7. The molecule has 0 amide bonds. The smallest absolute Gasteiger partial charge is 0.131 e. The molecule has 0 fully saturated rings. The van der Waals surface area contributed by atoms with Gasteiger partial charge in [-0.15, -0.1) is 10.2 Å². The van der Waals surface area contributed by atoms with E-state index < -0.39 is 0 Å². The molecular formula is C15H21N3S. The van der Waals surface area contributed by atoms with Gasteiger partial charge in [0.25, 0.3) is 0 Å². The van der Waals surface area contributed by atoms with Gasteiger partial charge >= 0.3 is 0 Å². The zero-order valence-electron chi connectivity index (χ0n) is 11.8. The third-order valence-electron chi connectivity index (χ3n) is 2.94. The Kier molecular flexibility index (Phi) is 5.05. The lowest BCUT2D eigenvalue weighted by Gasteiger charge is -2.04. The van der Waals surface area contributed by atoms with Crippen LogP contribution in [0.2, 0.25) is 0 Å². The fourth-order valence-corrected chi connectivity index (χ4v) is 2.71. The molecule has 0 radical (unpaired) electrons. The lowest BCUT2D eigenvalue weighted by molar-refractivity contribution is 0.550. The molecule has 4 heteroatoms. The van der Waals surface area contributed by atoms with E-state index in [1.54, 1.807) is 11.3 Å². The first-order chi connectivity index (χ1) is 9.15. The maximum atomic E-state index is 4.28. The normalized spacial score (nSPS) is 11.2. The van der Waals surface area contributed by atoms with E-state index in [-0.39, 0.29) is 0 Å². The Bertz CT molecular complexity index is 520. The molecule has 102 valence electrons. The SMILES string of the molecule is Cc1ccccc1Cc1nnc(CNCC(C)C)s1. The predicted octanol–water partition coefficient (Wildman–Crippen LogP) is 3.18. The highest BCUT2D eigenvalue weighted by Gasteiger charge is 2.06. The molecule has 3 nitrogen and oxygen atoms in total. The number of rotatable bonds is 6. The molecule has 0 spiro atoms. The Hall–Kier alpha value is -1.26. The summed E-state index contributed by atoms with van der Waals surface area (Å²) in [6.07, 6.45) is 0.883. The molecule has 0 unspecified atom stereocenters. The van der Waals surface area contributed by atoms with Crippen molar-refractivity contribution in [2.45, 2.75) is 33.7 Å². The van der Waals surface area contributed by atoms with Gasteiger partial charge in [0.2, 0.25) is 0 Å². The van der Waals surface area contributed by atoms with Crippen LogP contribution in [0.3, 0.4) is 0 Å². The molecule has 0 atom stereocenters. The van der Waals surface area contributed by atoms with Gasteiger partial charge in [0.15, 0.2) is 0 Å². The van der Waals surface area contributed by atoms with Crippen LogP contribution in [-0.4, -0.2) is 16.7 Å². The third-order valence-corrected chi connectivity index (χ3v) is 3.86. The highest BCUT2D eigenvalue weighted by Crippen LogP contribution is 2.17. The van der Waals surface area contributed by atoms with E-state index in [1.807, 2.05) is 0 Å². The van der Waals surface area contributed by atoms with Crippen molar-refractivity contribution in [3.8, 4) is 0 Å². The van der Waals surface area contributed by atoms with E-state index in [0.29, 0.717) is 5.92 Å². The lowest BCUT2D eigenvalue weighted by atomic mass is 10.1. The van der Waals surface area contributed by atoms with Gasteiger partial charge in [0.05, 0.1) is 0 Å². The summed E-state index contributed by atoms with van der Waals surface area (Å²) >= 11 is 1.70. The van der Waals surface area contributed by atoms with Gasteiger partial charge in [-0.25, -0.2) is 0 Å². The van der Waals surface area contributed by atoms with Crippen LogP contribution in [0, 0.1) is 12.8 Å². The van der Waals surface area contributed by atoms with E-state index in [9.17, 15) is 0 Å². The minimum atomic E-state index is 0.666. The van der Waals surface area contributed by atoms with Gasteiger partial charge < -0.3 is 5.32 Å². The van der Waals surface area contributed by atoms with Crippen molar-refractivity contribution >= 4 is 11.3 Å². The average Bonchev–Trinajstić information content (AvgIpc) is 2.79. The van der Waals surface area contributed by atoms with Crippen molar-refractivity contribution in [1.82, 2.24) is 15.5 Å². The van der Waals surface area contributed by atoms with Crippen LogP contribution in [0.1, 0.15) is 35.0 Å². The van der Waals surface area contributed by atoms with Crippen LogP contribution < -0.4 is 5.32 Å². The van der Waals surface area contributed by atoms with Crippen LogP contribution in [0.4, 0.5) is 0 Å². The van der Waals surface area contributed by atoms with E-state index >= 15 is 0 Å². The van der Waals surface area contributed by atoms with E-state index in [4.69, 9.17) is 0 Å². The third kappa shape index (κ3) is 4.40. The molecular weight excluding hydrogens is 254 g/mol. The minimum Gasteiger partial charge on any atom is -0.310 e. The second kappa shape index (κ2) is 6.78. The van der Waals surface area contributed by atoms with Gasteiger partial charge in [0.1, 0.15) is 10.0 Å². The number of hydrogen-bond donors (Lipinski definition) is 1. The topological polar surface area (TPSA) is 37.8 Å². The maximum absolute atomic E-state index is 4.28. The average molecular weight is 275 g/mol. The summed E-state index contributed by atoms with van der Waals surface area (Å²) in [7, 11) is 0. The fourth-order valence-electron chi connectivity index (χ4n) is 1.87. The Morgan fingerprint density at radius 1 is 1.16 bits per heavy atom. The first kappa shape index (κ1) is 14.2. The van der Waals surface area contributed by atoms with Crippen LogP contribution in [-0.2, 0) is 13.0 Å². The standard InChI is InChI=1S/C15H21N3S/c1-11(2)9-16-10-15-18-17-14(19-15)8-13-7-5-4-6-12(13)3/h4-7,11,16H,8-10H2,1-3H3. The lowest BCUT2D eigenvalue weighted by Crippen LogP contribution is -2.18. The molecule has 2 aromatic rings. The van der Waals surface area contributed by atoms with Gasteiger partial charge in [-0.1, -0.05) is 49.4 Å². The van der Waals surface area contributed by atoms with Crippen molar-refractivity contribution in [3.63, 3.8) is 0 Å². The molecule has 1 aromatic carbocycles. The second-order valence-electron chi connectivity index (χ2n) is 5.22. The van der Waals surface area contributed by atoms with E-state index in [0.717, 1.165) is 29.5 Å². The molecule has 2 rings (SSSR count). The summed E-state index contributed by atoms with van der Waals surface area (Å²) < 4.78 is 0. The van der Waals surface area contributed by atoms with Crippen molar-refractivity contribution < 1.29 is 0 Å². The maximum Gasteiger partial charge on any atom is 0.131 e. The van der Waals surface area contributed by atoms with Crippen LogP contribution in [0.25, 0.3) is 0 Å². The van der Waals surface area contributed by atoms with Gasteiger partial charge in [-0.3, -0.25) is 0 Å². The van der Waals surface area contributed by atoms with Crippen molar-refractivity contribution in [1.29, 1.82) is 0 Å². The molecule has 0 aliphatic heterocycles. The van der Waals surface area contributed by atoms with E-state index in [2.05, 4.69) is 60.6 Å². The Balaban J connectivity index is 1.92. The molecule has 0 aliphatic carbocycles.